The second-order valence-electron chi connectivity index (χ2n) is 12.0. The van der Waals surface area contributed by atoms with Gasteiger partial charge in [-0.3, -0.25) is 0 Å². The predicted molar refractivity (Wildman–Crippen MR) is 193 cm³/mol. The molecule has 0 N–H and O–H groups in total. The fourth-order valence-corrected chi connectivity index (χ4v) is 7.54. The monoisotopic (exact) mass is 599 g/mol. The number of hydrogen-bond donors (Lipinski definition) is 0. The molecule has 7 aromatic carbocycles. The lowest BCUT2D eigenvalue weighted by atomic mass is 9.99. The Labute approximate surface area is 269 Å². The molecule has 0 saturated carbocycles. The molecular weight excluding hydrogens is 574 g/mol. The van der Waals surface area contributed by atoms with Gasteiger partial charge in [-0.15, -0.1) is 0 Å². The molecule has 0 atom stereocenters. The van der Waals surface area contributed by atoms with E-state index in [1.807, 2.05) is 24.3 Å². The number of furan rings is 1. The maximum absolute atomic E-state index is 10.1. The van der Waals surface area contributed by atoms with Crippen LogP contribution in [0.1, 0.15) is 5.56 Å². The van der Waals surface area contributed by atoms with Crippen molar-refractivity contribution in [1.29, 1.82) is 5.26 Å². The van der Waals surface area contributed by atoms with Gasteiger partial charge in [-0.05, 0) is 54.6 Å². The summed E-state index contributed by atoms with van der Waals surface area (Å²) in [5.41, 5.74) is 11.0. The second kappa shape index (κ2) is 9.71. The number of benzene rings is 7. The van der Waals surface area contributed by atoms with Gasteiger partial charge >= 0.3 is 0 Å². The summed E-state index contributed by atoms with van der Waals surface area (Å²) in [7, 11) is 0. The first kappa shape index (κ1) is 25.7. The molecular formula is C43H25N3O. The highest BCUT2D eigenvalue weighted by Crippen LogP contribution is 2.42. The van der Waals surface area contributed by atoms with E-state index in [-0.39, 0.29) is 0 Å². The van der Waals surface area contributed by atoms with Crippen LogP contribution in [0.2, 0.25) is 0 Å². The molecule has 0 bridgehead atoms. The maximum Gasteiger partial charge on any atom is 0.136 e. The quantitative estimate of drug-likeness (QED) is 0.203. The second-order valence-corrected chi connectivity index (χ2v) is 12.0. The van der Waals surface area contributed by atoms with Crippen LogP contribution in [0.3, 0.4) is 0 Å². The Balaban J connectivity index is 1.32. The molecule has 0 spiro atoms. The third-order valence-electron chi connectivity index (χ3n) is 9.55. The summed E-state index contributed by atoms with van der Waals surface area (Å²) in [5, 5.41) is 16.9. The number of aromatic nitrogens is 2. The molecule has 4 nitrogen and oxygen atoms in total. The van der Waals surface area contributed by atoms with Crippen molar-refractivity contribution in [2.45, 2.75) is 0 Å². The molecule has 4 heteroatoms. The maximum atomic E-state index is 10.1. The zero-order chi connectivity index (χ0) is 31.1. The van der Waals surface area contributed by atoms with E-state index in [0.717, 1.165) is 71.9 Å². The average molecular weight is 600 g/mol. The molecule has 3 heterocycles. The average Bonchev–Trinajstić information content (AvgIpc) is 3.77. The zero-order valence-corrected chi connectivity index (χ0v) is 25.2. The van der Waals surface area contributed by atoms with Gasteiger partial charge in [0.1, 0.15) is 11.2 Å². The van der Waals surface area contributed by atoms with Crippen molar-refractivity contribution in [1.82, 2.24) is 9.13 Å². The van der Waals surface area contributed by atoms with Gasteiger partial charge in [0, 0.05) is 43.4 Å². The van der Waals surface area contributed by atoms with Crippen LogP contribution < -0.4 is 0 Å². The van der Waals surface area contributed by atoms with Gasteiger partial charge in [-0.1, -0.05) is 97.1 Å². The molecule has 0 unspecified atom stereocenters. The summed E-state index contributed by atoms with van der Waals surface area (Å²) in [6.45, 7) is 0. The Kier molecular flexibility index (Phi) is 5.32. The molecule has 3 aromatic heterocycles. The van der Waals surface area contributed by atoms with Gasteiger partial charge in [0.2, 0.25) is 0 Å². The van der Waals surface area contributed by atoms with Crippen molar-refractivity contribution in [3.8, 4) is 28.6 Å². The zero-order valence-electron chi connectivity index (χ0n) is 25.2. The largest absolute Gasteiger partial charge is 0.456 e. The smallest absolute Gasteiger partial charge is 0.136 e. The minimum Gasteiger partial charge on any atom is -0.456 e. The molecule has 218 valence electrons. The Morgan fingerprint density at radius 2 is 0.957 bits per heavy atom. The third-order valence-corrected chi connectivity index (χ3v) is 9.55. The van der Waals surface area contributed by atoms with Crippen molar-refractivity contribution in [2.24, 2.45) is 0 Å². The van der Waals surface area contributed by atoms with Crippen molar-refractivity contribution < 1.29 is 4.42 Å². The molecule has 0 fully saturated rings. The highest BCUT2D eigenvalue weighted by Gasteiger charge is 2.21. The minimum absolute atomic E-state index is 0.620. The normalized spacial score (nSPS) is 11.8. The van der Waals surface area contributed by atoms with Crippen molar-refractivity contribution >= 4 is 65.6 Å². The number of nitrogens with zero attached hydrogens (tertiary/aromatic N) is 3. The summed E-state index contributed by atoms with van der Waals surface area (Å²) in [4.78, 5) is 0. The van der Waals surface area contributed by atoms with Crippen LogP contribution in [0.5, 0.6) is 0 Å². The fraction of sp³-hybridized carbons (Fsp3) is 0. The first-order valence-electron chi connectivity index (χ1n) is 15.8. The molecule has 0 amide bonds. The summed E-state index contributed by atoms with van der Waals surface area (Å²) < 4.78 is 11.0. The van der Waals surface area contributed by atoms with Gasteiger partial charge in [0.05, 0.1) is 45.1 Å². The first-order valence-corrected chi connectivity index (χ1v) is 15.8. The van der Waals surface area contributed by atoms with Gasteiger partial charge < -0.3 is 13.6 Å². The fourth-order valence-electron chi connectivity index (χ4n) is 7.54. The van der Waals surface area contributed by atoms with Gasteiger partial charge in [0.15, 0.2) is 0 Å². The van der Waals surface area contributed by atoms with Gasteiger partial charge in [0.25, 0.3) is 0 Å². The lowest BCUT2D eigenvalue weighted by Gasteiger charge is -2.18. The lowest BCUT2D eigenvalue weighted by Crippen LogP contribution is -2.02. The van der Waals surface area contributed by atoms with E-state index in [1.165, 1.54) is 16.2 Å². The lowest BCUT2D eigenvalue weighted by molar-refractivity contribution is 0.669. The van der Waals surface area contributed by atoms with Crippen molar-refractivity contribution in [2.75, 3.05) is 0 Å². The first-order chi connectivity index (χ1) is 23.3. The van der Waals surface area contributed by atoms with Crippen molar-refractivity contribution in [3.63, 3.8) is 0 Å². The SMILES string of the molecule is N#Cc1ccc(-c2ccccc2-n2c3ccccc3c3cc4oc5ccccc5c4cc32)c(-n2c3ccccc3c3ccccc32)c1. The van der Waals surface area contributed by atoms with Crippen LogP contribution in [0, 0.1) is 11.3 Å². The molecule has 0 aliphatic rings. The Bertz CT molecular complexity index is 2880. The van der Waals surface area contributed by atoms with Crippen LogP contribution >= 0.6 is 0 Å². The van der Waals surface area contributed by atoms with Crippen molar-refractivity contribution in [3.05, 3.63) is 157 Å². The van der Waals surface area contributed by atoms with Crippen LogP contribution in [0.25, 0.3) is 88.1 Å². The molecule has 47 heavy (non-hydrogen) atoms. The number of para-hydroxylation sites is 5. The molecule has 10 aromatic rings. The van der Waals surface area contributed by atoms with E-state index in [0.29, 0.717) is 5.56 Å². The van der Waals surface area contributed by atoms with Gasteiger partial charge in [-0.25, -0.2) is 0 Å². The molecule has 0 aliphatic carbocycles. The predicted octanol–water partition coefficient (Wildman–Crippen LogP) is 11.3. The van der Waals surface area contributed by atoms with E-state index < -0.39 is 0 Å². The van der Waals surface area contributed by atoms with E-state index in [9.17, 15) is 5.26 Å². The summed E-state index contributed by atoms with van der Waals surface area (Å²) in [6, 6.07) is 55.4. The number of nitriles is 1. The summed E-state index contributed by atoms with van der Waals surface area (Å²) in [6.07, 6.45) is 0. The highest BCUT2D eigenvalue weighted by molar-refractivity contribution is 6.17. The van der Waals surface area contributed by atoms with E-state index in [4.69, 9.17) is 4.42 Å². The highest BCUT2D eigenvalue weighted by atomic mass is 16.3. The van der Waals surface area contributed by atoms with Gasteiger partial charge in [-0.2, -0.15) is 5.26 Å². The van der Waals surface area contributed by atoms with Crippen LogP contribution in [0.15, 0.2) is 156 Å². The third kappa shape index (κ3) is 3.63. The van der Waals surface area contributed by atoms with Crippen LogP contribution in [-0.4, -0.2) is 9.13 Å². The molecule has 0 saturated heterocycles. The summed E-state index contributed by atoms with van der Waals surface area (Å²) >= 11 is 0. The molecule has 0 aliphatic heterocycles. The standard InChI is InChI=1S/C43H25N3O/c44-26-27-21-22-32(40(23-27)45-36-16-6-1-11-28(36)29-12-2-7-17-37(29)45)30-13-3-8-18-38(30)46-39-19-9-4-14-31(39)34-25-43-35(24-41(34)46)33-15-5-10-20-42(33)47-43/h1-25H. The van der Waals surface area contributed by atoms with E-state index >= 15 is 0 Å². The number of rotatable bonds is 3. The molecule has 0 radical (unpaired) electrons. The Morgan fingerprint density at radius 3 is 1.66 bits per heavy atom. The molecule has 10 rings (SSSR count). The Morgan fingerprint density at radius 1 is 0.404 bits per heavy atom. The summed E-state index contributed by atoms with van der Waals surface area (Å²) in [5.74, 6) is 0. The number of hydrogen-bond acceptors (Lipinski definition) is 2. The topological polar surface area (TPSA) is 46.8 Å². The van der Waals surface area contributed by atoms with E-state index in [1.54, 1.807) is 0 Å². The minimum atomic E-state index is 0.620. The van der Waals surface area contributed by atoms with Crippen LogP contribution in [0.4, 0.5) is 0 Å². The van der Waals surface area contributed by atoms with E-state index in [2.05, 4.69) is 143 Å². The van der Waals surface area contributed by atoms with Crippen LogP contribution in [-0.2, 0) is 0 Å². The number of fused-ring (bicyclic) bond motifs is 9. The Hall–Kier alpha value is -6.57.